The molecule has 1 saturated heterocycles. The molecule has 0 aromatic carbocycles. The molecular formula is C12H23NO2. The van der Waals surface area contributed by atoms with Crippen LogP contribution in [0.4, 0.5) is 0 Å². The Morgan fingerprint density at radius 2 is 2.13 bits per heavy atom. The van der Waals surface area contributed by atoms with Crippen LogP contribution in [0, 0.1) is 11.8 Å². The van der Waals surface area contributed by atoms with E-state index in [9.17, 15) is 0 Å². The first-order valence-corrected chi connectivity index (χ1v) is 6.28. The van der Waals surface area contributed by atoms with Crippen molar-refractivity contribution in [3.8, 4) is 0 Å². The Kier molecular flexibility index (Phi) is 4.00. The van der Waals surface area contributed by atoms with E-state index in [1.807, 2.05) is 0 Å². The van der Waals surface area contributed by atoms with Gasteiger partial charge in [0.1, 0.15) is 0 Å². The smallest absolute Gasteiger partial charge is 0.0757 e. The Bertz CT molecular complexity index is 188. The van der Waals surface area contributed by atoms with Gasteiger partial charge in [-0.3, -0.25) is 0 Å². The quantitative estimate of drug-likeness (QED) is 0.753. The zero-order valence-corrected chi connectivity index (χ0v) is 9.65. The molecule has 1 saturated carbocycles. The van der Waals surface area contributed by atoms with E-state index in [-0.39, 0.29) is 12.1 Å². The molecule has 0 radical (unpaired) electrons. The highest BCUT2D eigenvalue weighted by atomic mass is 16.5. The van der Waals surface area contributed by atoms with E-state index in [1.165, 1.54) is 19.3 Å². The van der Waals surface area contributed by atoms with Gasteiger partial charge in [0.15, 0.2) is 0 Å². The highest BCUT2D eigenvalue weighted by Crippen LogP contribution is 2.37. The Labute approximate surface area is 92.3 Å². The third-order valence-electron chi connectivity index (χ3n) is 3.56. The van der Waals surface area contributed by atoms with E-state index in [2.05, 4.69) is 6.92 Å². The summed E-state index contributed by atoms with van der Waals surface area (Å²) in [6.45, 7) is 4.57. The molecule has 2 rings (SSSR count). The SMILES string of the molecule is CCOC(C1CC1)C(N)C1CCCOC1. The summed E-state index contributed by atoms with van der Waals surface area (Å²) < 4.78 is 11.3. The second-order valence-corrected chi connectivity index (χ2v) is 4.81. The minimum absolute atomic E-state index is 0.178. The summed E-state index contributed by atoms with van der Waals surface area (Å²) in [6, 6.07) is 0.178. The third kappa shape index (κ3) is 2.92. The van der Waals surface area contributed by atoms with Crippen molar-refractivity contribution in [1.29, 1.82) is 0 Å². The van der Waals surface area contributed by atoms with Gasteiger partial charge in [0.25, 0.3) is 0 Å². The average Bonchev–Trinajstić information content (AvgIpc) is 3.10. The number of rotatable bonds is 5. The van der Waals surface area contributed by atoms with Crippen LogP contribution in [0.2, 0.25) is 0 Å². The molecule has 1 aliphatic heterocycles. The predicted molar refractivity (Wildman–Crippen MR) is 59.7 cm³/mol. The fourth-order valence-corrected chi connectivity index (χ4v) is 2.52. The largest absolute Gasteiger partial charge is 0.381 e. The second kappa shape index (κ2) is 5.28. The molecule has 2 fully saturated rings. The molecule has 3 nitrogen and oxygen atoms in total. The van der Waals surface area contributed by atoms with Gasteiger partial charge in [-0.1, -0.05) is 0 Å². The molecule has 0 amide bonds. The molecule has 2 N–H and O–H groups in total. The molecule has 2 aliphatic rings. The Morgan fingerprint density at radius 1 is 1.33 bits per heavy atom. The van der Waals surface area contributed by atoms with Crippen molar-refractivity contribution in [3.63, 3.8) is 0 Å². The molecule has 3 heteroatoms. The normalized spacial score (nSPS) is 31.2. The zero-order valence-electron chi connectivity index (χ0n) is 9.65. The minimum Gasteiger partial charge on any atom is -0.381 e. The first kappa shape index (κ1) is 11.4. The van der Waals surface area contributed by atoms with Crippen LogP contribution in [0.1, 0.15) is 32.6 Å². The van der Waals surface area contributed by atoms with Crippen LogP contribution in [-0.4, -0.2) is 32.0 Å². The fraction of sp³-hybridized carbons (Fsp3) is 1.00. The van der Waals surface area contributed by atoms with Crippen molar-refractivity contribution < 1.29 is 9.47 Å². The summed E-state index contributed by atoms with van der Waals surface area (Å²) in [7, 11) is 0. The van der Waals surface area contributed by atoms with E-state index >= 15 is 0 Å². The van der Waals surface area contributed by atoms with E-state index in [0.29, 0.717) is 5.92 Å². The Hall–Kier alpha value is -0.120. The van der Waals surface area contributed by atoms with Gasteiger partial charge in [-0.25, -0.2) is 0 Å². The van der Waals surface area contributed by atoms with Gasteiger partial charge in [-0.15, -0.1) is 0 Å². The fourth-order valence-electron chi connectivity index (χ4n) is 2.52. The molecule has 0 aromatic rings. The number of hydrogen-bond donors (Lipinski definition) is 1. The molecule has 0 bridgehead atoms. The van der Waals surface area contributed by atoms with E-state index in [1.54, 1.807) is 0 Å². The summed E-state index contributed by atoms with van der Waals surface area (Å²) in [5.74, 6) is 1.23. The molecule has 88 valence electrons. The number of ether oxygens (including phenoxy) is 2. The van der Waals surface area contributed by atoms with E-state index in [4.69, 9.17) is 15.2 Å². The van der Waals surface area contributed by atoms with Crippen LogP contribution in [-0.2, 0) is 9.47 Å². The number of nitrogens with two attached hydrogens (primary N) is 1. The number of hydrogen-bond acceptors (Lipinski definition) is 3. The molecule has 3 unspecified atom stereocenters. The van der Waals surface area contributed by atoms with Crippen molar-refractivity contribution in [1.82, 2.24) is 0 Å². The van der Waals surface area contributed by atoms with Crippen molar-refractivity contribution in [2.75, 3.05) is 19.8 Å². The lowest BCUT2D eigenvalue weighted by Crippen LogP contribution is -2.47. The molecule has 1 heterocycles. The maximum absolute atomic E-state index is 6.31. The van der Waals surface area contributed by atoms with Crippen LogP contribution >= 0.6 is 0 Å². The lowest BCUT2D eigenvalue weighted by molar-refractivity contribution is -0.0211. The maximum Gasteiger partial charge on any atom is 0.0757 e. The predicted octanol–water partition coefficient (Wildman–Crippen LogP) is 1.56. The van der Waals surface area contributed by atoms with Crippen molar-refractivity contribution >= 4 is 0 Å². The van der Waals surface area contributed by atoms with Crippen LogP contribution in [0.25, 0.3) is 0 Å². The third-order valence-corrected chi connectivity index (χ3v) is 3.56. The van der Waals surface area contributed by atoms with Crippen LogP contribution in [0.15, 0.2) is 0 Å². The van der Waals surface area contributed by atoms with Gasteiger partial charge in [0.05, 0.1) is 12.7 Å². The lowest BCUT2D eigenvalue weighted by Gasteiger charge is -2.33. The summed E-state index contributed by atoms with van der Waals surface area (Å²) in [4.78, 5) is 0. The van der Waals surface area contributed by atoms with Crippen LogP contribution in [0.5, 0.6) is 0 Å². The standard InChI is InChI=1S/C12H23NO2/c1-2-15-12(9-5-6-9)11(13)10-4-3-7-14-8-10/h9-12H,2-8,13H2,1H3. The van der Waals surface area contributed by atoms with Gasteiger partial charge in [-0.2, -0.15) is 0 Å². The highest BCUT2D eigenvalue weighted by Gasteiger charge is 2.39. The minimum atomic E-state index is 0.178. The van der Waals surface area contributed by atoms with Gasteiger partial charge in [0, 0.05) is 19.3 Å². The van der Waals surface area contributed by atoms with E-state index < -0.39 is 0 Å². The molecule has 15 heavy (non-hydrogen) atoms. The van der Waals surface area contributed by atoms with Crippen molar-refractivity contribution in [2.24, 2.45) is 17.6 Å². The van der Waals surface area contributed by atoms with Crippen molar-refractivity contribution in [3.05, 3.63) is 0 Å². The van der Waals surface area contributed by atoms with Crippen molar-refractivity contribution in [2.45, 2.75) is 44.8 Å². The first-order valence-electron chi connectivity index (χ1n) is 6.28. The topological polar surface area (TPSA) is 44.5 Å². The molecular weight excluding hydrogens is 190 g/mol. The second-order valence-electron chi connectivity index (χ2n) is 4.81. The monoisotopic (exact) mass is 213 g/mol. The molecule has 0 aromatic heterocycles. The van der Waals surface area contributed by atoms with Crippen LogP contribution in [0.3, 0.4) is 0 Å². The first-order chi connectivity index (χ1) is 7.33. The summed E-state index contributed by atoms with van der Waals surface area (Å²) >= 11 is 0. The zero-order chi connectivity index (χ0) is 10.7. The van der Waals surface area contributed by atoms with Crippen LogP contribution < -0.4 is 5.73 Å². The molecule has 0 spiro atoms. The Balaban J connectivity index is 1.87. The Morgan fingerprint density at radius 3 is 2.67 bits per heavy atom. The van der Waals surface area contributed by atoms with Gasteiger partial charge in [0.2, 0.25) is 0 Å². The summed E-state index contributed by atoms with van der Waals surface area (Å²) in [5.41, 5.74) is 6.31. The summed E-state index contributed by atoms with van der Waals surface area (Å²) in [5, 5.41) is 0. The summed E-state index contributed by atoms with van der Waals surface area (Å²) in [6.07, 6.45) is 5.23. The molecule has 3 atom stereocenters. The molecule has 1 aliphatic carbocycles. The average molecular weight is 213 g/mol. The van der Waals surface area contributed by atoms with Gasteiger partial charge >= 0.3 is 0 Å². The van der Waals surface area contributed by atoms with Gasteiger partial charge in [-0.05, 0) is 44.4 Å². The van der Waals surface area contributed by atoms with E-state index in [0.717, 1.165) is 32.2 Å². The van der Waals surface area contributed by atoms with Gasteiger partial charge < -0.3 is 15.2 Å². The maximum atomic E-state index is 6.31. The lowest BCUT2D eigenvalue weighted by atomic mass is 9.89. The highest BCUT2D eigenvalue weighted by molar-refractivity contribution is 4.92.